The van der Waals surface area contributed by atoms with Crippen LogP contribution >= 0.6 is 0 Å². The smallest absolute Gasteiger partial charge is 0.0228 e. The van der Waals surface area contributed by atoms with Crippen LogP contribution in [0.3, 0.4) is 0 Å². The maximum atomic E-state index is 7.23. The first-order chi connectivity index (χ1) is 7.40. The Balaban J connectivity index is 1.72. The summed E-state index contributed by atoms with van der Waals surface area (Å²) in [5.74, 6) is 0. The summed E-state index contributed by atoms with van der Waals surface area (Å²) in [6.07, 6.45) is 6.92. The molecule has 3 heteroatoms. The van der Waals surface area contributed by atoms with Crippen LogP contribution in [0.1, 0.15) is 32.1 Å². The highest BCUT2D eigenvalue weighted by molar-refractivity contribution is 4.81. The van der Waals surface area contributed by atoms with Crippen LogP contribution in [-0.2, 0) is 0 Å². The van der Waals surface area contributed by atoms with Crippen LogP contribution < -0.4 is 5.73 Å². The molecule has 2 aliphatic heterocycles. The van der Waals surface area contributed by atoms with Crippen LogP contribution in [0.4, 0.5) is 0 Å². The molecule has 0 aromatic carbocycles. The molecule has 2 saturated heterocycles. The highest BCUT2D eigenvalue weighted by Crippen LogP contribution is 2.20. The van der Waals surface area contributed by atoms with Crippen LogP contribution in [0.2, 0.25) is 0 Å². The topological polar surface area (TPSA) is 30.3 Å². The summed E-state index contributed by atoms with van der Waals surface area (Å²) in [5, 5.41) is 0. The predicted octanol–water partition coefficient (Wildman–Crippen LogP) is 1.22. The molecule has 0 amide bonds. The van der Waals surface area contributed by atoms with Gasteiger partial charge in [-0.1, -0.05) is 6.42 Å². The van der Waals surface area contributed by atoms with Gasteiger partial charge in [-0.2, -0.15) is 0 Å². The number of rotatable bonds is 3. The van der Waals surface area contributed by atoms with E-state index in [2.05, 4.69) is 9.80 Å². The third-order valence-corrected chi connectivity index (χ3v) is 3.89. The van der Waals surface area contributed by atoms with E-state index in [1.54, 1.807) is 0 Å². The summed E-state index contributed by atoms with van der Waals surface area (Å²) in [7, 11) is 0. The van der Waals surface area contributed by atoms with Crippen molar-refractivity contribution in [3.05, 3.63) is 0 Å². The number of hydrogen-bond acceptors (Lipinski definition) is 2. The molecule has 3 nitrogen and oxygen atoms in total. The van der Waals surface area contributed by atoms with E-state index in [1.807, 2.05) is 0 Å². The maximum absolute atomic E-state index is 7.23. The lowest BCUT2D eigenvalue weighted by atomic mass is 10.00. The van der Waals surface area contributed by atoms with Gasteiger partial charge in [0.2, 0.25) is 0 Å². The van der Waals surface area contributed by atoms with Crippen molar-refractivity contribution in [1.82, 2.24) is 15.5 Å². The molecule has 2 rings (SSSR count). The Labute approximate surface area is 93.6 Å². The van der Waals surface area contributed by atoms with Crippen molar-refractivity contribution in [1.29, 1.82) is 0 Å². The van der Waals surface area contributed by atoms with Gasteiger partial charge in [0, 0.05) is 19.1 Å². The normalized spacial score (nSPS) is 27.0. The summed E-state index contributed by atoms with van der Waals surface area (Å²) in [6, 6.07) is 0.854. The molecule has 0 spiro atoms. The predicted molar refractivity (Wildman–Crippen MR) is 62.8 cm³/mol. The second kappa shape index (κ2) is 5.83. The molecule has 2 heterocycles. The van der Waals surface area contributed by atoms with Crippen molar-refractivity contribution in [2.75, 3.05) is 39.3 Å². The van der Waals surface area contributed by atoms with Gasteiger partial charge in [0.05, 0.1) is 0 Å². The van der Waals surface area contributed by atoms with E-state index >= 15 is 0 Å². The van der Waals surface area contributed by atoms with E-state index in [1.165, 1.54) is 58.3 Å². The number of nitrogens with one attached hydrogen (secondary N) is 1. The first-order valence-corrected chi connectivity index (χ1v) is 6.51. The molecule has 0 unspecified atom stereocenters. The highest BCUT2D eigenvalue weighted by Gasteiger charge is 2.24. The Kier molecular flexibility index (Phi) is 4.42. The lowest BCUT2D eigenvalue weighted by molar-refractivity contribution is 0.0938. The van der Waals surface area contributed by atoms with Crippen molar-refractivity contribution in [2.45, 2.75) is 38.1 Å². The fourth-order valence-electron chi connectivity index (χ4n) is 2.95. The molecule has 0 aromatic heterocycles. The molecule has 2 aliphatic rings. The number of nitrogens with zero attached hydrogens (tertiary/aromatic N) is 2. The quantitative estimate of drug-likeness (QED) is 0.701. The molecule has 2 fully saturated rings. The van der Waals surface area contributed by atoms with Gasteiger partial charge >= 0.3 is 0 Å². The fourth-order valence-corrected chi connectivity index (χ4v) is 2.95. The average molecular weight is 210 g/mol. The third kappa shape index (κ3) is 3.16. The number of hydrogen-bond donors (Lipinski definition) is 0. The van der Waals surface area contributed by atoms with E-state index in [-0.39, 0.29) is 0 Å². The first kappa shape index (κ1) is 11.4. The van der Waals surface area contributed by atoms with Crippen molar-refractivity contribution in [3.63, 3.8) is 0 Å². The van der Waals surface area contributed by atoms with Crippen LogP contribution in [0.25, 0.3) is 0 Å². The number of likely N-dealkylation sites (tertiary alicyclic amines) is 2. The fraction of sp³-hybridized carbons (Fsp3) is 1.00. The van der Waals surface area contributed by atoms with E-state index in [4.69, 9.17) is 5.73 Å². The van der Waals surface area contributed by atoms with Crippen LogP contribution in [0.15, 0.2) is 0 Å². The van der Waals surface area contributed by atoms with Gasteiger partial charge in [-0.05, 0) is 51.9 Å². The highest BCUT2D eigenvalue weighted by atomic mass is 15.2. The largest absolute Gasteiger partial charge is 0.302 e. The molecule has 0 aromatic rings. The van der Waals surface area contributed by atoms with Crippen molar-refractivity contribution >= 4 is 0 Å². The Morgan fingerprint density at radius 3 is 2.20 bits per heavy atom. The van der Waals surface area contributed by atoms with E-state index in [0.717, 1.165) is 12.6 Å². The Bertz CT molecular complexity index is 170. The summed E-state index contributed by atoms with van der Waals surface area (Å²) in [6.45, 7) is 6.66. The zero-order valence-corrected chi connectivity index (χ0v) is 9.75. The van der Waals surface area contributed by atoms with E-state index in [0.29, 0.717) is 6.54 Å². The Morgan fingerprint density at radius 1 is 0.933 bits per heavy atom. The molecule has 1 N–H and O–H groups in total. The minimum atomic E-state index is 0.564. The van der Waals surface area contributed by atoms with Gasteiger partial charge in [0.15, 0.2) is 0 Å². The second-order valence-electron chi connectivity index (χ2n) is 4.92. The standard InChI is InChI=1S/C12H24N3/c13-6-11-14-9-4-12(5-10-14)15-7-2-1-3-8-15/h12-13H,1-11H2. The molecule has 0 saturated carbocycles. The van der Waals surface area contributed by atoms with E-state index in [9.17, 15) is 0 Å². The average Bonchev–Trinajstić information content (AvgIpc) is 2.32. The molecule has 0 bridgehead atoms. The van der Waals surface area contributed by atoms with Gasteiger partial charge in [-0.15, -0.1) is 0 Å². The molecule has 15 heavy (non-hydrogen) atoms. The third-order valence-electron chi connectivity index (χ3n) is 3.89. The van der Waals surface area contributed by atoms with Gasteiger partial charge in [0.1, 0.15) is 0 Å². The second-order valence-corrected chi connectivity index (χ2v) is 4.92. The van der Waals surface area contributed by atoms with Crippen LogP contribution in [0, 0.1) is 0 Å². The lowest BCUT2D eigenvalue weighted by Crippen LogP contribution is -2.47. The minimum absolute atomic E-state index is 0.564. The Morgan fingerprint density at radius 2 is 1.60 bits per heavy atom. The summed E-state index contributed by atoms with van der Waals surface area (Å²) < 4.78 is 0. The van der Waals surface area contributed by atoms with E-state index < -0.39 is 0 Å². The van der Waals surface area contributed by atoms with Crippen molar-refractivity contribution in [2.24, 2.45) is 0 Å². The molecular formula is C12H24N3. The molecule has 87 valence electrons. The summed E-state index contributed by atoms with van der Waals surface area (Å²) >= 11 is 0. The van der Waals surface area contributed by atoms with Gasteiger partial charge in [-0.25, -0.2) is 0 Å². The minimum Gasteiger partial charge on any atom is -0.302 e. The summed E-state index contributed by atoms with van der Waals surface area (Å²) in [5.41, 5.74) is 7.23. The SMILES string of the molecule is [NH]CCN1CCC(N2CCCCC2)CC1. The number of piperidine rings is 2. The van der Waals surface area contributed by atoms with Crippen molar-refractivity contribution < 1.29 is 0 Å². The maximum Gasteiger partial charge on any atom is 0.0228 e. The Hall–Kier alpha value is -0.120. The van der Waals surface area contributed by atoms with Crippen LogP contribution in [0.5, 0.6) is 0 Å². The lowest BCUT2D eigenvalue weighted by Gasteiger charge is -2.40. The van der Waals surface area contributed by atoms with Gasteiger partial charge in [0.25, 0.3) is 0 Å². The monoisotopic (exact) mass is 210 g/mol. The van der Waals surface area contributed by atoms with Gasteiger partial charge in [-0.3, -0.25) is 5.73 Å². The zero-order chi connectivity index (χ0) is 10.5. The first-order valence-electron chi connectivity index (χ1n) is 6.51. The molecule has 0 aliphatic carbocycles. The summed E-state index contributed by atoms with van der Waals surface area (Å²) in [4.78, 5) is 5.16. The van der Waals surface area contributed by atoms with Crippen molar-refractivity contribution in [3.8, 4) is 0 Å². The van der Waals surface area contributed by atoms with Crippen LogP contribution in [-0.4, -0.2) is 55.1 Å². The molecule has 1 radical (unpaired) electrons. The molecular weight excluding hydrogens is 186 g/mol. The zero-order valence-electron chi connectivity index (χ0n) is 9.75. The molecule has 0 atom stereocenters. The van der Waals surface area contributed by atoms with Gasteiger partial charge < -0.3 is 9.80 Å².